The minimum absolute atomic E-state index is 0.0570. The number of aliphatic carboxylic acids is 1. The second-order valence-corrected chi connectivity index (χ2v) is 4.27. The van der Waals surface area contributed by atoms with Gasteiger partial charge < -0.3 is 5.11 Å². The quantitative estimate of drug-likeness (QED) is 0.713. The molecule has 0 fully saturated rings. The molecule has 0 aromatic carbocycles. The van der Waals surface area contributed by atoms with E-state index in [4.69, 9.17) is 5.11 Å². The summed E-state index contributed by atoms with van der Waals surface area (Å²) in [4.78, 5) is 34.9. The van der Waals surface area contributed by atoms with Gasteiger partial charge in [0.25, 0.3) is 11.8 Å². The highest BCUT2D eigenvalue weighted by Gasteiger charge is 2.33. The minimum Gasteiger partial charge on any atom is -0.481 e. The summed E-state index contributed by atoms with van der Waals surface area (Å²) in [6.45, 7) is 5.00. The lowest BCUT2D eigenvalue weighted by Crippen LogP contribution is -2.39. The van der Waals surface area contributed by atoms with E-state index >= 15 is 0 Å². The van der Waals surface area contributed by atoms with Gasteiger partial charge in [-0.3, -0.25) is 19.3 Å². The van der Waals surface area contributed by atoms with Crippen LogP contribution in [0, 0.1) is 11.8 Å². The third-order valence-electron chi connectivity index (χ3n) is 2.69. The lowest BCUT2D eigenvalue weighted by Gasteiger charge is -2.22. The van der Waals surface area contributed by atoms with Crippen LogP contribution in [0.4, 0.5) is 0 Å². The van der Waals surface area contributed by atoms with Crippen LogP contribution in [0.2, 0.25) is 0 Å². The highest BCUT2D eigenvalue weighted by atomic mass is 16.4. The van der Waals surface area contributed by atoms with Gasteiger partial charge in [0, 0.05) is 18.2 Å². The fraction of sp³-hybridized carbons (Fsp3) is 0.545. The molecule has 0 radical (unpaired) electrons. The van der Waals surface area contributed by atoms with Crippen molar-refractivity contribution in [1.82, 2.24) is 4.90 Å². The van der Waals surface area contributed by atoms with Crippen molar-refractivity contribution < 1.29 is 19.5 Å². The van der Waals surface area contributed by atoms with E-state index < -0.39 is 23.7 Å². The molecule has 1 rings (SSSR count). The molecule has 1 aliphatic heterocycles. The Morgan fingerprint density at radius 3 is 2.31 bits per heavy atom. The Morgan fingerprint density at radius 2 is 2.00 bits per heavy atom. The summed E-state index contributed by atoms with van der Waals surface area (Å²) in [6.07, 6.45) is 1.24. The summed E-state index contributed by atoms with van der Waals surface area (Å²) in [5.41, 5.74) is 0.359. The molecule has 5 heteroatoms. The first kappa shape index (κ1) is 12.4. The molecule has 5 nitrogen and oxygen atoms in total. The molecule has 16 heavy (non-hydrogen) atoms. The summed E-state index contributed by atoms with van der Waals surface area (Å²) >= 11 is 0. The fourth-order valence-corrected chi connectivity index (χ4v) is 1.58. The second kappa shape index (κ2) is 4.47. The van der Waals surface area contributed by atoms with Gasteiger partial charge in [-0.15, -0.1) is 0 Å². The Balaban J connectivity index is 2.78. The van der Waals surface area contributed by atoms with E-state index in [0.29, 0.717) is 5.57 Å². The van der Waals surface area contributed by atoms with E-state index in [-0.39, 0.29) is 12.5 Å². The monoisotopic (exact) mass is 225 g/mol. The maximum atomic E-state index is 11.5. The Kier molecular flexibility index (Phi) is 3.47. The van der Waals surface area contributed by atoms with Gasteiger partial charge in [-0.1, -0.05) is 13.8 Å². The highest BCUT2D eigenvalue weighted by molar-refractivity contribution is 6.16. The first-order valence-corrected chi connectivity index (χ1v) is 5.11. The van der Waals surface area contributed by atoms with Crippen LogP contribution < -0.4 is 0 Å². The maximum absolute atomic E-state index is 11.5. The van der Waals surface area contributed by atoms with Gasteiger partial charge in [0.2, 0.25) is 0 Å². The van der Waals surface area contributed by atoms with Crippen molar-refractivity contribution in [2.75, 3.05) is 6.54 Å². The number of carboxylic acids is 1. The zero-order valence-corrected chi connectivity index (χ0v) is 9.56. The van der Waals surface area contributed by atoms with Crippen molar-refractivity contribution in [3.8, 4) is 0 Å². The molecule has 0 aliphatic carbocycles. The van der Waals surface area contributed by atoms with Crippen LogP contribution in [0.5, 0.6) is 0 Å². The van der Waals surface area contributed by atoms with Crippen LogP contribution in [0.25, 0.3) is 0 Å². The summed E-state index contributed by atoms with van der Waals surface area (Å²) in [6, 6.07) is 0. The number of carbonyl (C=O) groups is 3. The third-order valence-corrected chi connectivity index (χ3v) is 2.69. The molecule has 0 saturated carbocycles. The first-order chi connectivity index (χ1) is 7.34. The molecule has 0 aromatic heterocycles. The van der Waals surface area contributed by atoms with Crippen molar-refractivity contribution in [2.24, 2.45) is 11.8 Å². The number of amides is 2. The maximum Gasteiger partial charge on any atom is 0.308 e. The average Bonchev–Trinajstić information content (AvgIpc) is 2.38. The number of imide groups is 1. The molecule has 1 heterocycles. The number of hydrogen-bond donors (Lipinski definition) is 1. The lowest BCUT2D eigenvalue weighted by atomic mass is 9.95. The molecular weight excluding hydrogens is 210 g/mol. The van der Waals surface area contributed by atoms with Crippen molar-refractivity contribution in [2.45, 2.75) is 20.8 Å². The molecule has 2 amide bonds. The molecule has 0 bridgehead atoms. The van der Waals surface area contributed by atoms with E-state index in [1.807, 2.05) is 0 Å². The molecule has 88 valence electrons. The van der Waals surface area contributed by atoms with Crippen molar-refractivity contribution in [3.63, 3.8) is 0 Å². The molecule has 1 atom stereocenters. The predicted octanol–water partition coefficient (Wildman–Crippen LogP) is 0.658. The topological polar surface area (TPSA) is 74.7 Å². The Hall–Kier alpha value is -1.65. The normalized spacial score (nSPS) is 18.0. The van der Waals surface area contributed by atoms with E-state index in [1.54, 1.807) is 20.8 Å². The standard InChI is InChI=1S/C11H15NO4/c1-6(2)8(11(15)16)5-12-9(13)4-7(3)10(12)14/h4,6,8H,5H2,1-3H3,(H,15,16). The van der Waals surface area contributed by atoms with E-state index in [2.05, 4.69) is 0 Å². The Labute approximate surface area is 93.7 Å². The van der Waals surface area contributed by atoms with E-state index in [1.165, 1.54) is 6.08 Å². The molecule has 0 saturated heterocycles. The molecule has 0 spiro atoms. The van der Waals surface area contributed by atoms with Gasteiger partial charge in [-0.25, -0.2) is 0 Å². The number of hydrogen-bond acceptors (Lipinski definition) is 3. The minimum atomic E-state index is -0.986. The summed E-state index contributed by atoms with van der Waals surface area (Å²) in [5.74, 6) is -2.64. The third kappa shape index (κ3) is 2.29. The lowest BCUT2D eigenvalue weighted by molar-refractivity contribution is -0.146. The number of nitrogens with zero attached hydrogens (tertiary/aromatic N) is 1. The van der Waals surface area contributed by atoms with E-state index in [9.17, 15) is 14.4 Å². The van der Waals surface area contributed by atoms with Crippen LogP contribution in [-0.2, 0) is 14.4 Å². The van der Waals surface area contributed by atoms with Crippen molar-refractivity contribution in [1.29, 1.82) is 0 Å². The largest absolute Gasteiger partial charge is 0.481 e. The van der Waals surface area contributed by atoms with Crippen LogP contribution >= 0.6 is 0 Å². The fourth-order valence-electron chi connectivity index (χ4n) is 1.58. The number of carbonyl (C=O) groups excluding carboxylic acids is 2. The van der Waals surface area contributed by atoms with Crippen LogP contribution in [0.3, 0.4) is 0 Å². The Morgan fingerprint density at radius 1 is 1.44 bits per heavy atom. The summed E-state index contributed by atoms with van der Waals surface area (Å²) < 4.78 is 0. The van der Waals surface area contributed by atoms with Gasteiger partial charge in [-0.2, -0.15) is 0 Å². The first-order valence-electron chi connectivity index (χ1n) is 5.11. The predicted molar refractivity (Wildman–Crippen MR) is 56.4 cm³/mol. The number of carboxylic acid groups (broad SMARTS) is 1. The van der Waals surface area contributed by atoms with Crippen LogP contribution in [-0.4, -0.2) is 34.3 Å². The van der Waals surface area contributed by atoms with Gasteiger partial charge >= 0.3 is 5.97 Å². The summed E-state index contributed by atoms with van der Waals surface area (Å²) in [7, 11) is 0. The van der Waals surface area contributed by atoms with Gasteiger partial charge in [0.1, 0.15) is 0 Å². The summed E-state index contributed by atoms with van der Waals surface area (Å²) in [5, 5.41) is 8.98. The van der Waals surface area contributed by atoms with Crippen LogP contribution in [0.15, 0.2) is 11.6 Å². The molecule has 1 unspecified atom stereocenters. The average molecular weight is 225 g/mol. The van der Waals surface area contributed by atoms with Gasteiger partial charge in [0.05, 0.1) is 5.92 Å². The van der Waals surface area contributed by atoms with Gasteiger partial charge in [-0.05, 0) is 12.8 Å². The SMILES string of the molecule is CC1=CC(=O)N(CC(C(=O)O)C(C)C)C1=O. The zero-order valence-electron chi connectivity index (χ0n) is 9.56. The van der Waals surface area contributed by atoms with Gasteiger partial charge in [0.15, 0.2) is 0 Å². The highest BCUT2D eigenvalue weighted by Crippen LogP contribution is 2.18. The zero-order chi connectivity index (χ0) is 12.5. The smallest absolute Gasteiger partial charge is 0.308 e. The van der Waals surface area contributed by atoms with Crippen LogP contribution in [0.1, 0.15) is 20.8 Å². The second-order valence-electron chi connectivity index (χ2n) is 4.27. The number of rotatable bonds is 4. The molecule has 1 aliphatic rings. The molecule has 0 aromatic rings. The van der Waals surface area contributed by atoms with Crippen molar-refractivity contribution in [3.05, 3.63) is 11.6 Å². The Bertz CT molecular complexity index is 370. The van der Waals surface area contributed by atoms with Crippen molar-refractivity contribution >= 4 is 17.8 Å². The van der Waals surface area contributed by atoms with E-state index in [0.717, 1.165) is 4.90 Å². The molecular formula is C11H15NO4. The molecule has 1 N–H and O–H groups in total.